The Bertz CT molecular complexity index is 864. The average molecular weight is 407 g/mol. The van der Waals surface area contributed by atoms with Gasteiger partial charge in [-0.1, -0.05) is 44.0 Å². The predicted molar refractivity (Wildman–Crippen MR) is 111 cm³/mol. The van der Waals surface area contributed by atoms with Gasteiger partial charge in [-0.2, -0.15) is 0 Å². The van der Waals surface area contributed by atoms with Crippen molar-refractivity contribution in [2.75, 3.05) is 46.0 Å². The van der Waals surface area contributed by atoms with Crippen molar-refractivity contribution in [3.05, 3.63) is 36.4 Å². The number of morpholine rings is 1. The van der Waals surface area contributed by atoms with Gasteiger partial charge in [0.15, 0.2) is 0 Å². The number of sulfonamides is 1. The molecule has 28 heavy (non-hydrogen) atoms. The van der Waals surface area contributed by atoms with Crippen LogP contribution in [0.1, 0.15) is 26.2 Å². The van der Waals surface area contributed by atoms with E-state index < -0.39 is 10.0 Å². The van der Waals surface area contributed by atoms with Gasteiger partial charge in [0.1, 0.15) is 5.75 Å². The maximum Gasteiger partial charge on any atom is 0.241 e. The first-order valence-corrected chi connectivity index (χ1v) is 11.5. The first-order valence-electron chi connectivity index (χ1n) is 10.1. The van der Waals surface area contributed by atoms with Gasteiger partial charge in [-0.25, -0.2) is 13.1 Å². The number of rotatable bonds is 10. The zero-order valence-corrected chi connectivity index (χ0v) is 17.3. The molecule has 1 N–H and O–H groups in total. The number of hydrogen-bond acceptors (Lipinski definition) is 5. The van der Waals surface area contributed by atoms with Gasteiger partial charge < -0.3 is 9.47 Å². The maximum atomic E-state index is 12.9. The third-order valence-corrected chi connectivity index (χ3v) is 6.48. The number of nitrogens with zero attached hydrogens (tertiary/aromatic N) is 1. The van der Waals surface area contributed by atoms with E-state index in [1.807, 2.05) is 24.3 Å². The van der Waals surface area contributed by atoms with Crippen LogP contribution in [0.3, 0.4) is 0 Å². The summed E-state index contributed by atoms with van der Waals surface area (Å²) in [5.74, 6) is 0.735. The molecule has 0 radical (unpaired) electrons. The Morgan fingerprint density at radius 1 is 1.07 bits per heavy atom. The molecule has 0 aliphatic carbocycles. The normalized spacial score (nSPS) is 15.8. The summed E-state index contributed by atoms with van der Waals surface area (Å²) < 4.78 is 39.8. The Hall–Kier alpha value is -1.67. The monoisotopic (exact) mass is 406 g/mol. The van der Waals surface area contributed by atoms with Crippen LogP contribution in [0.15, 0.2) is 41.3 Å². The summed E-state index contributed by atoms with van der Waals surface area (Å²) in [6.07, 6.45) is 3.25. The lowest BCUT2D eigenvalue weighted by molar-refractivity contribution is 0.0390. The van der Waals surface area contributed by atoms with Gasteiger partial charge in [0.25, 0.3) is 0 Å². The highest BCUT2D eigenvalue weighted by molar-refractivity contribution is 7.89. The predicted octanol–water partition coefficient (Wildman–Crippen LogP) is 3.02. The minimum Gasteiger partial charge on any atom is -0.493 e. The van der Waals surface area contributed by atoms with Crippen LogP contribution in [0.2, 0.25) is 0 Å². The fraction of sp³-hybridized carbons (Fsp3) is 0.524. The van der Waals surface area contributed by atoms with Crippen LogP contribution in [0.5, 0.6) is 5.75 Å². The zero-order chi connectivity index (χ0) is 19.8. The van der Waals surface area contributed by atoms with Gasteiger partial charge >= 0.3 is 0 Å². The Balaban J connectivity index is 1.72. The van der Waals surface area contributed by atoms with Crippen LogP contribution in [0, 0.1) is 0 Å². The molecule has 1 aliphatic rings. The molecule has 1 aliphatic heterocycles. The highest BCUT2D eigenvalue weighted by Gasteiger charge is 2.19. The number of unbranched alkanes of at least 4 members (excludes halogenated alkanes) is 2. The molecule has 2 aromatic carbocycles. The summed E-state index contributed by atoms with van der Waals surface area (Å²) in [5.41, 5.74) is 0. The van der Waals surface area contributed by atoms with Crippen LogP contribution in [-0.4, -0.2) is 59.3 Å². The molecule has 0 saturated carbocycles. The van der Waals surface area contributed by atoms with E-state index in [0.29, 0.717) is 43.2 Å². The summed E-state index contributed by atoms with van der Waals surface area (Å²) in [6.45, 7) is 6.95. The molecule has 2 aromatic rings. The van der Waals surface area contributed by atoms with Crippen LogP contribution < -0.4 is 9.46 Å². The second-order valence-electron chi connectivity index (χ2n) is 7.01. The molecule has 7 heteroatoms. The van der Waals surface area contributed by atoms with Gasteiger partial charge in [-0.05, 0) is 18.6 Å². The molecule has 1 saturated heterocycles. The number of benzene rings is 2. The van der Waals surface area contributed by atoms with Crippen LogP contribution in [-0.2, 0) is 14.8 Å². The van der Waals surface area contributed by atoms with Crippen molar-refractivity contribution >= 4 is 20.8 Å². The fourth-order valence-corrected chi connectivity index (χ4v) is 4.61. The van der Waals surface area contributed by atoms with E-state index in [0.717, 1.165) is 43.5 Å². The standard InChI is InChI=1S/C21H30N2O4S/c1-2-3-6-15-27-20-9-10-21(19-8-5-4-7-18(19)20)28(24,25)22-11-12-23-13-16-26-17-14-23/h4-5,7-10,22H,2-3,6,11-17H2,1H3. The Morgan fingerprint density at radius 3 is 2.57 bits per heavy atom. The molecule has 1 fully saturated rings. The smallest absolute Gasteiger partial charge is 0.241 e. The lowest BCUT2D eigenvalue weighted by Crippen LogP contribution is -2.41. The minimum absolute atomic E-state index is 0.297. The Kier molecular flexibility index (Phi) is 7.67. The van der Waals surface area contributed by atoms with Crippen LogP contribution in [0.25, 0.3) is 10.8 Å². The fourth-order valence-electron chi connectivity index (χ4n) is 3.38. The summed E-state index contributed by atoms with van der Waals surface area (Å²) in [6, 6.07) is 10.9. The average Bonchev–Trinajstić information content (AvgIpc) is 2.71. The molecule has 6 nitrogen and oxygen atoms in total. The highest BCUT2D eigenvalue weighted by Crippen LogP contribution is 2.31. The van der Waals surface area contributed by atoms with Crippen molar-refractivity contribution < 1.29 is 17.9 Å². The van der Waals surface area contributed by atoms with E-state index >= 15 is 0 Å². The summed E-state index contributed by atoms with van der Waals surface area (Å²) in [5, 5.41) is 1.52. The van der Waals surface area contributed by atoms with Gasteiger partial charge in [-0.15, -0.1) is 0 Å². The van der Waals surface area contributed by atoms with Crippen molar-refractivity contribution in [1.29, 1.82) is 0 Å². The summed E-state index contributed by atoms with van der Waals surface area (Å²) in [4.78, 5) is 2.50. The third kappa shape index (κ3) is 5.44. The number of fused-ring (bicyclic) bond motifs is 1. The molecular weight excluding hydrogens is 376 g/mol. The van der Waals surface area contributed by atoms with Gasteiger partial charge in [-0.3, -0.25) is 4.90 Å². The molecule has 1 heterocycles. The molecule has 0 spiro atoms. The summed E-state index contributed by atoms with van der Waals surface area (Å²) >= 11 is 0. The number of hydrogen-bond donors (Lipinski definition) is 1. The first kappa shape index (κ1) is 21.0. The minimum atomic E-state index is -3.60. The molecule has 0 atom stereocenters. The van der Waals surface area contributed by atoms with Crippen molar-refractivity contribution in [2.24, 2.45) is 0 Å². The lowest BCUT2D eigenvalue weighted by Gasteiger charge is -2.26. The maximum absolute atomic E-state index is 12.9. The van der Waals surface area contributed by atoms with E-state index in [1.165, 1.54) is 0 Å². The molecule has 0 bridgehead atoms. The van der Waals surface area contributed by atoms with E-state index in [-0.39, 0.29) is 0 Å². The second kappa shape index (κ2) is 10.2. The van der Waals surface area contributed by atoms with Crippen molar-refractivity contribution in [2.45, 2.75) is 31.1 Å². The van der Waals surface area contributed by atoms with Crippen molar-refractivity contribution in [1.82, 2.24) is 9.62 Å². The SMILES string of the molecule is CCCCCOc1ccc(S(=O)(=O)NCCN2CCOCC2)c2ccccc12. The molecular formula is C21H30N2O4S. The summed E-state index contributed by atoms with van der Waals surface area (Å²) in [7, 11) is -3.60. The quantitative estimate of drug-likeness (QED) is 0.615. The van der Waals surface area contributed by atoms with Crippen molar-refractivity contribution in [3.8, 4) is 5.75 Å². The third-order valence-electron chi connectivity index (χ3n) is 4.96. The largest absolute Gasteiger partial charge is 0.493 e. The molecule has 3 rings (SSSR count). The van der Waals surface area contributed by atoms with E-state index in [1.54, 1.807) is 12.1 Å². The van der Waals surface area contributed by atoms with Crippen LogP contribution >= 0.6 is 0 Å². The van der Waals surface area contributed by atoms with Gasteiger partial charge in [0.2, 0.25) is 10.0 Å². The van der Waals surface area contributed by atoms with E-state index in [4.69, 9.17) is 9.47 Å². The molecule has 0 unspecified atom stereocenters. The molecule has 0 aromatic heterocycles. The molecule has 154 valence electrons. The first-order chi connectivity index (χ1) is 13.6. The highest BCUT2D eigenvalue weighted by atomic mass is 32.2. The number of nitrogens with one attached hydrogen (secondary N) is 1. The van der Waals surface area contributed by atoms with Gasteiger partial charge in [0.05, 0.1) is 24.7 Å². The zero-order valence-electron chi connectivity index (χ0n) is 16.5. The van der Waals surface area contributed by atoms with Crippen molar-refractivity contribution in [3.63, 3.8) is 0 Å². The Labute approximate surface area is 167 Å². The van der Waals surface area contributed by atoms with E-state index in [9.17, 15) is 8.42 Å². The lowest BCUT2D eigenvalue weighted by atomic mass is 10.1. The van der Waals surface area contributed by atoms with Crippen LogP contribution in [0.4, 0.5) is 0 Å². The number of ether oxygens (including phenoxy) is 2. The second-order valence-corrected chi connectivity index (χ2v) is 8.75. The van der Waals surface area contributed by atoms with Gasteiger partial charge in [0, 0.05) is 37.0 Å². The van der Waals surface area contributed by atoms with E-state index in [2.05, 4.69) is 16.5 Å². The Morgan fingerprint density at radius 2 is 1.82 bits per heavy atom. The molecule has 0 amide bonds. The topological polar surface area (TPSA) is 67.9 Å².